The van der Waals surface area contributed by atoms with Crippen LogP contribution in [0.2, 0.25) is 0 Å². The molecule has 9 heteroatoms. The second kappa shape index (κ2) is 8.81. The van der Waals surface area contributed by atoms with Gasteiger partial charge in [0.15, 0.2) is 0 Å². The number of nitrogens with two attached hydrogens (primary N) is 2. The van der Waals surface area contributed by atoms with E-state index >= 15 is 0 Å². The van der Waals surface area contributed by atoms with E-state index in [-0.39, 0.29) is 11.8 Å². The molecule has 0 aliphatic heterocycles. The number of rotatable bonds is 2. The SMILES string of the molecule is CC(C)(C)c1nc(N)c2cc(Br)ccc2n1.Nc1ncnc2ccc(CC(=O)O)cc12. The molecule has 0 amide bonds. The third-order valence-corrected chi connectivity index (χ3v) is 4.94. The second-order valence-electron chi connectivity index (χ2n) is 8.02. The standard InChI is InChI=1S/C12H14BrN3.C10H9N3O2/c1-12(2,3)11-15-9-5-4-7(13)6-8(9)10(14)16-11;11-10-7-3-6(4-9(14)15)1-2-8(7)12-5-13-10/h4-6H,1-3H3,(H2,14,15,16);1-3,5H,4H2,(H,14,15)(H2,11,12,13). The van der Waals surface area contributed by atoms with Crippen molar-refractivity contribution in [2.75, 3.05) is 11.5 Å². The zero-order chi connectivity index (χ0) is 22.8. The molecule has 0 radical (unpaired) electrons. The fourth-order valence-electron chi connectivity index (χ4n) is 2.87. The van der Waals surface area contributed by atoms with Crippen LogP contribution in [0.3, 0.4) is 0 Å². The molecule has 0 spiro atoms. The first kappa shape index (κ1) is 22.4. The summed E-state index contributed by atoms with van der Waals surface area (Å²) in [7, 11) is 0. The van der Waals surface area contributed by atoms with Crippen molar-refractivity contribution in [2.45, 2.75) is 32.6 Å². The molecule has 4 aromatic rings. The van der Waals surface area contributed by atoms with Gasteiger partial charge >= 0.3 is 5.97 Å². The van der Waals surface area contributed by atoms with E-state index in [2.05, 4.69) is 56.6 Å². The first-order valence-electron chi connectivity index (χ1n) is 9.49. The van der Waals surface area contributed by atoms with Crippen LogP contribution in [0.25, 0.3) is 21.8 Å². The van der Waals surface area contributed by atoms with Crippen molar-refractivity contribution < 1.29 is 9.90 Å². The fraction of sp³-hybridized carbons (Fsp3) is 0.227. The number of nitrogen functional groups attached to an aromatic ring is 2. The second-order valence-corrected chi connectivity index (χ2v) is 8.94. The monoisotopic (exact) mass is 482 g/mol. The minimum absolute atomic E-state index is 0.0235. The number of halogens is 1. The minimum Gasteiger partial charge on any atom is -0.481 e. The van der Waals surface area contributed by atoms with Crippen LogP contribution >= 0.6 is 15.9 Å². The lowest BCUT2D eigenvalue weighted by Crippen LogP contribution is -2.17. The van der Waals surface area contributed by atoms with Gasteiger partial charge in [0.05, 0.1) is 17.5 Å². The number of nitrogens with zero attached hydrogens (tertiary/aromatic N) is 4. The van der Waals surface area contributed by atoms with E-state index < -0.39 is 5.97 Å². The normalized spacial score (nSPS) is 11.2. The Morgan fingerprint density at radius 3 is 2.32 bits per heavy atom. The van der Waals surface area contributed by atoms with Crippen molar-refractivity contribution >= 4 is 55.3 Å². The smallest absolute Gasteiger partial charge is 0.307 e. The Morgan fingerprint density at radius 1 is 0.968 bits per heavy atom. The number of benzene rings is 2. The Morgan fingerprint density at radius 2 is 1.65 bits per heavy atom. The molecule has 0 atom stereocenters. The average molecular weight is 483 g/mol. The van der Waals surface area contributed by atoms with Gasteiger partial charge < -0.3 is 16.6 Å². The summed E-state index contributed by atoms with van der Waals surface area (Å²) in [5.41, 5.74) is 13.8. The Labute approximate surface area is 187 Å². The van der Waals surface area contributed by atoms with Crippen molar-refractivity contribution in [3.8, 4) is 0 Å². The molecule has 0 unspecified atom stereocenters. The number of hydrogen-bond donors (Lipinski definition) is 3. The molecule has 8 nitrogen and oxygen atoms in total. The van der Waals surface area contributed by atoms with Gasteiger partial charge in [0.2, 0.25) is 0 Å². The van der Waals surface area contributed by atoms with Gasteiger partial charge in [0.1, 0.15) is 23.8 Å². The molecule has 0 bridgehead atoms. The Balaban J connectivity index is 0.000000176. The number of carboxylic acid groups (broad SMARTS) is 1. The van der Waals surface area contributed by atoms with Gasteiger partial charge in [-0.15, -0.1) is 0 Å². The molecule has 0 aliphatic rings. The molecule has 0 aliphatic carbocycles. The van der Waals surface area contributed by atoms with Crippen LogP contribution in [0.15, 0.2) is 47.2 Å². The maximum absolute atomic E-state index is 10.5. The largest absolute Gasteiger partial charge is 0.481 e. The number of carbonyl (C=O) groups is 1. The summed E-state index contributed by atoms with van der Waals surface area (Å²) in [6.45, 7) is 6.23. The molecule has 2 heterocycles. The summed E-state index contributed by atoms with van der Waals surface area (Å²) in [5.74, 6) is 0.813. The zero-order valence-electron chi connectivity index (χ0n) is 17.4. The summed E-state index contributed by atoms with van der Waals surface area (Å²) >= 11 is 3.41. The topological polar surface area (TPSA) is 141 Å². The summed E-state index contributed by atoms with van der Waals surface area (Å²) < 4.78 is 0.985. The van der Waals surface area contributed by atoms with Crippen molar-refractivity contribution in [3.05, 3.63) is 58.6 Å². The van der Waals surface area contributed by atoms with Crippen LogP contribution < -0.4 is 11.5 Å². The minimum atomic E-state index is -0.871. The first-order valence-corrected chi connectivity index (χ1v) is 10.3. The van der Waals surface area contributed by atoms with Crippen LogP contribution in [-0.4, -0.2) is 31.0 Å². The molecular weight excluding hydrogens is 460 g/mol. The number of carboxylic acids is 1. The highest BCUT2D eigenvalue weighted by Crippen LogP contribution is 2.26. The summed E-state index contributed by atoms with van der Waals surface area (Å²) in [4.78, 5) is 27.3. The third kappa shape index (κ3) is 5.43. The Kier molecular flexibility index (Phi) is 6.35. The van der Waals surface area contributed by atoms with Crippen molar-refractivity contribution in [1.29, 1.82) is 0 Å². The lowest BCUT2D eigenvalue weighted by atomic mass is 9.95. The number of hydrogen-bond acceptors (Lipinski definition) is 7. The molecular formula is C22H23BrN6O2. The number of fused-ring (bicyclic) bond motifs is 2. The molecule has 31 heavy (non-hydrogen) atoms. The summed E-state index contributed by atoms with van der Waals surface area (Å²) in [6, 6.07) is 11.0. The average Bonchev–Trinajstić information content (AvgIpc) is 2.68. The summed E-state index contributed by atoms with van der Waals surface area (Å²) in [6.07, 6.45) is 1.36. The van der Waals surface area contributed by atoms with Crippen LogP contribution in [0.4, 0.5) is 11.6 Å². The van der Waals surface area contributed by atoms with E-state index in [0.717, 1.165) is 26.7 Å². The molecule has 4 rings (SSSR count). The summed E-state index contributed by atoms with van der Waals surface area (Å²) in [5, 5.41) is 10.2. The van der Waals surface area contributed by atoms with Gasteiger partial charge in [-0.25, -0.2) is 19.9 Å². The number of anilines is 2. The van der Waals surface area contributed by atoms with Crippen molar-refractivity contribution in [2.24, 2.45) is 0 Å². The number of aliphatic carboxylic acids is 1. The highest BCUT2D eigenvalue weighted by Gasteiger charge is 2.19. The molecule has 0 fully saturated rings. The first-order chi connectivity index (χ1) is 14.5. The van der Waals surface area contributed by atoms with Crippen LogP contribution in [0.5, 0.6) is 0 Å². The van der Waals surface area contributed by atoms with E-state index in [1.165, 1.54) is 6.33 Å². The third-order valence-electron chi connectivity index (χ3n) is 4.44. The molecule has 160 valence electrons. The predicted octanol–water partition coefficient (Wildman–Crippen LogP) is 4.11. The predicted molar refractivity (Wildman–Crippen MR) is 126 cm³/mol. The Hall–Kier alpha value is -3.33. The van der Waals surface area contributed by atoms with E-state index in [1.807, 2.05) is 18.2 Å². The van der Waals surface area contributed by atoms with Gasteiger partial charge in [-0.1, -0.05) is 42.8 Å². The van der Waals surface area contributed by atoms with E-state index in [9.17, 15) is 4.79 Å². The van der Waals surface area contributed by atoms with Gasteiger partial charge in [0.25, 0.3) is 0 Å². The maximum Gasteiger partial charge on any atom is 0.307 e. The zero-order valence-corrected chi connectivity index (χ0v) is 19.0. The Bertz CT molecular complexity index is 1270. The highest BCUT2D eigenvalue weighted by molar-refractivity contribution is 9.10. The van der Waals surface area contributed by atoms with Crippen molar-refractivity contribution in [1.82, 2.24) is 19.9 Å². The van der Waals surface area contributed by atoms with Gasteiger partial charge in [0, 0.05) is 20.7 Å². The van der Waals surface area contributed by atoms with E-state index in [4.69, 9.17) is 16.6 Å². The van der Waals surface area contributed by atoms with E-state index in [0.29, 0.717) is 22.6 Å². The molecule has 0 saturated carbocycles. The van der Waals surface area contributed by atoms with Crippen LogP contribution in [0.1, 0.15) is 32.2 Å². The molecule has 0 saturated heterocycles. The van der Waals surface area contributed by atoms with Gasteiger partial charge in [-0.3, -0.25) is 4.79 Å². The van der Waals surface area contributed by atoms with E-state index in [1.54, 1.807) is 18.2 Å². The fourth-order valence-corrected chi connectivity index (χ4v) is 3.23. The lowest BCUT2D eigenvalue weighted by molar-refractivity contribution is -0.136. The quantitative estimate of drug-likeness (QED) is 0.387. The highest BCUT2D eigenvalue weighted by atomic mass is 79.9. The molecule has 5 N–H and O–H groups in total. The lowest BCUT2D eigenvalue weighted by Gasteiger charge is -2.17. The molecule has 2 aromatic carbocycles. The number of aromatic nitrogens is 4. The maximum atomic E-state index is 10.5. The van der Waals surface area contributed by atoms with Gasteiger partial charge in [-0.05, 0) is 35.9 Å². The van der Waals surface area contributed by atoms with Crippen molar-refractivity contribution in [3.63, 3.8) is 0 Å². The van der Waals surface area contributed by atoms with Gasteiger partial charge in [-0.2, -0.15) is 0 Å². The van der Waals surface area contributed by atoms with Crippen LogP contribution in [-0.2, 0) is 16.6 Å². The molecule has 2 aromatic heterocycles. The van der Waals surface area contributed by atoms with Crippen LogP contribution in [0, 0.1) is 0 Å².